The maximum atomic E-state index is 12.2. The van der Waals surface area contributed by atoms with Crippen molar-refractivity contribution < 1.29 is 9.59 Å². The number of nitrogens with one attached hydrogen (secondary N) is 2. The van der Waals surface area contributed by atoms with Crippen molar-refractivity contribution in [3.63, 3.8) is 0 Å². The lowest BCUT2D eigenvalue weighted by atomic mass is 10.1. The molecule has 28 heavy (non-hydrogen) atoms. The number of fused-ring (bicyclic) bond motifs is 1. The molecular formula is C22H21N3O3. The molecule has 1 heterocycles. The molecule has 6 heteroatoms. The van der Waals surface area contributed by atoms with E-state index in [0.29, 0.717) is 22.3 Å². The highest BCUT2D eigenvalue weighted by Gasteiger charge is 2.07. The summed E-state index contributed by atoms with van der Waals surface area (Å²) in [5.74, 6) is -0.361. The summed E-state index contributed by atoms with van der Waals surface area (Å²) in [5, 5.41) is 3.68. The molecule has 2 N–H and O–H groups in total. The number of H-pyrrole nitrogens is 1. The van der Waals surface area contributed by atoms with Gasteiger partial charge in [0.15, 0.2) is 0 Å². The molecule has 0 aliphatic rings. The van der Waals surface area contributed by atoms with Gasteiger partial charge in [0.2, 0.25) is 5.91 Å². The quantitative estimate of drug-likeness (QED) is 0.687. The number of aromatic nitrogens is 1. The summed E-state index contributed by atoms with van der Waals surface area (Å²) in [7, 11) is 3.40. The van der Waals surface area contributed by atoms with Crippen molar-refractivity contribution in [2.45, 2.75) is 6.92 Å². The predicted molar refractivity (Wildman–Crippen MR) is 111 cm³/mol. The van der Waals surface area contributed by atoms with Gasteiger partial charge >= 0.3 is 0 Å². The highest BCUT2D eigenvalue weighted by atomic mass is 16.2. The Bertz CT molecular complexity index is 1130. The number of benzene rings is 2. The highest BCUT2D eigenvalue weighted by Crippen LogP contribution is 2.17. The first-order chi connectivity index (χ1) is 13.3. The fourth-order valence-electron chi connectivity index (χ4n) is 2.74. The molecule has 0 aliphatic carbocycles. The summed E-state index contributed by atoms with van der Waals surface area (Å²) in [5.41, 5.74) is 3.15. The largest absolute Gasteiger partial charge is 0.345 e. The number of nitrogens with zero attached hydrogens (tertiary/aromatic N) is 1. The number of rotatable bonds is 4. The van der Waals surface area contributed by atoms with Crippen LogP contribution in [0.2, 0.25) is 0 Å². The standard InChI is InChI=1S/C22H21N3O3/c1-14-12-17-9-10-18(13-19(17)24-21(14)27)23-20(26)11-6-15-4-7-16(8-5-15)22(28)25(2)3/h4-13H,1-3H3,(H,23,26)(H,24,27)/b11-6+. The first-order valence-electron chi connectivity index (χ1n) is 8.78. The number of anilines is 1. The molecule has 0 radical (unpaired) electrons. The summed E-state index contributed by atoms with van der Waals surface area (Å²) in [6, 6.07) is 14.2. The van der Waals surface area contributed by atoms with Gasteiger partial charge in [-0.15, -0.1) is 0 Å². The van der Waals surface area contributed by atoms with E-state index < -0.39 is 0 Å². The second-order valence-corrected chi connectivity index (χ2v) is 6.73. The molecule has 6 nitrogen and oxygen atoms in total. The monoisotopic (exact) mass is 375 g/mol. The molecule has 0 fully saturated rings. The predicted octanol–water partition coefficient (Wildman–Crippen LogP) is 3.19. The molecule has 3 aromatic rings. The Balaban J connectivity index is 1.69. The van der Waals surface area contributed by atoms with Crippen LogP contribution in [0.3, 0.4) is 0 Å². The highest BCUT2D eigenvalue weighted by molar-refractivity contribution is 6.03. The van der Waals surface area contributed by atoms with Crippen molar-refractivity contribution in [2.24, 2.45) is 0 Å². The molecular weight excluding hydrogens is 354 g/mol. The Kier molecular flexibility index (Phi) is 5.40. The van der Waals surface area contributed by atoms with Gasteiger partial charge in [-0.25, -0.2) is 0 Å². The van der Waals surface area contributed by atoms with E-state index in [2.05, 4.69) is 10.3 Å². The van der Waals surface area contributed by atoms with Crippen molar-refractivity contribution in [2.75, 3.05) is 19.4 Å². The molecule has 2 aromatic carbocycles. The first-order valence-corrected chi connectivity index (χ1v) is 8.78. The van der Waals surface area contributed by atoms with Crippen LogP contribution in [0.5, 0.6) is 0 Å². The SMILES string of the molecule is Cc1cc2ccc(NC(=O)/C=C/c3ccc(C(=O)N(C)C)cc3)cc2[nH]c1=O. The number of carbonyl (C=O) groups excluding carboxylic acids is 2. The lowest BCUT2D eigenvalue weighted by Gasteiger charge is -2.09. The first kappa shape index (κ1) is 19.1. The third-order valence-electron chi connectivity index (χ3n) is 4.29. The molecule has 142 valence electrons. The van der Waals surface area contributed by atoms with Gasteiger partial charge in [0.25, 0.3) is 11.5 Å². The maximum absolute atomic E-state index is 12.2. The molecule has 0 spiro atoms. The topological polar surface area (TPSA) is 82.3 Å². The van der Waals surface area contributed by atoms with Gasteiger partial charge in [0.1, 0.15) is 0 Å². The van der Waals surface area contributed by atoms with Gasteiger partial charge in [0.05, 0.1) is 5.52 Å². The Morgan fingerprint density at radius 3 is 2.43 bits per heavy atom. The minimum Gasteiger partial charge on any atom is -0.345 e. The molecule has 0 bridgehead atoms. The summed E-state index contributed by atoms with van der Waals surface area (Å²) >= 11 is 0. The summed E-state index contributed by atoms with van der Waals surface area (Å²) < 4.78 is 0. The van der Waals surface area contributed by atoms with E-state index in [4.69, 9.17) is 0 Å². The van der Waals surface area contributed by atoms with Crippen LogP contribution in [-0.4, -0.2) is 35.8 Å². The van der Waals surface area contributed by atoms with E-state index in [1.54, 1.807) is 63.5 Å². The van der Waals surface area contributed by atoms with Crippen LogP contribution < -0.4 is 10.9 Å². The lowest BCUT2D eigenvalue weighted by Crippen LogP contribution is -2.21. The van der Waals surface area contributed by atoms with Crippen LogP contribution >= 0.6 is 0 Å². The van der Waals surface area contributed by atoms with E-state index in [9.17, 15) is 14.4 Å². The van der Waals surface area contributed by atoms with Gasteiger partial charge in [-0.1, -0.05) is 18.2 Å². The van der Waals surface area contributed by atoms with Crippen molar-refractivity contribution in [3.8, 4) is 0 Å². The summed E-state index contributed by atoms with van der Waals surface area (Å²) in [4.78, 5) is 40.1. The van der Waals surface area contributed by atoms with Gasteiger partial charge in [-0.2, -0.15) is 0 Å². The second kappa shape index (κ2) is 7.92. The zero-order chi connectivity index (χ0) is 20.3. The van der Waals surface area contributed by atoms with E-state index in [0.717, 1.165) is 10.9 Å². The average molecular weight is 375 g/mol. The molecule has 1 aromatic heterocycles. The molecule has 0 unspecified atom stereocenters. The Labute approximate surface area is 162 Å². The number of hydrogen-bond donors (Lipinski definition) is 2. The smallest absolute Gasteiger partial charge is 0.253 e. The lowest BCUT2D eigenvalue weighted by molar-refractivity contribution is -0.111. The van der Waals surface area contributed by atoms with E-state index >= 15 is 0 Å². The molecule has 3 rings (SSSR count). The third kappa shape index (κ3) is 4.35. The number of carbonyl (C=O) groups is 2. The number of aryl methyl sites for hydroxylation is 1. The van der Waals surface area contributed by atoms with Crippen molar-refractivity contribution in [1.29, 1.82) is 0 Å². The number of hydrogen-bond acceptors (Lipinski definition) is 3. The zero-order valence-corrected chi connectivity index (χ0v) is 15.9. The van der Waals surface area contributed by atoms with Crippen LogP contribution in [0.1, 0.15) is 21.5 Å². The molecule has 2 amide bonds. The second-order valence-electron chi connectivity index (χ2n) is 6.73. The van der Waals surface area contributed by atoms with Crippen LogP contribution in [0.15, 0.2) is 59.4 Å². The van der Waals surface area contributed by atoms with Crippen LogP contribution in [-0.2, 0) is 4.79 Å². The number of pyridine rings is 1. The summed E-state index contributed by atoms with van der Waals surface area (Å²) in [6.45, 7) is 1.75. The fraction of sp³-hybridized carbons (Fsp3) is 0.136. The molecule has 0 atom stereocenters. The summed E-state index contributed by atoms with van der Waals surface area (Å²) in [6.07, 6.45) is 3.09. The Morgan fingerprint density at radius 1 is 1.04 bits per heavy atom. The van der Waals surface area contributed by atoms with Gasteiger partial charge in [-0.05, 0) is 54.3 Å². The van der Waals surface area contributed by atoms with Crippen molar-refractivity contribution in [3.05, 3.63) is 81.7 Å². The van der Waals surface area contributed by atoms with E-state index in [-0.39, 0.29) is 17.4 Å². The van der Waals surface area contributed by atoms with Crippen LogP contribution in [0.4, 0.5) is 5.69 Å². The van der Waals surface area contributed by atoms with Crippen molar-refractivity contribution in [1.82, 2.24) is 9.88 Å². The minimum absolute atomic E-state index is 0.0715. The Hall–Kier alpha value is -3.67. The molecule has 0 saturated carbocycles. The third-order valence-corrected chi connectivity index (χ3v) is 4.29. The van der Waals surface area contributed by atoms with Gasteiger partial charge in [-0.3, -0.25) is 14.4 Å². The molecule has 0 aliphatic heterocycles. The van der Waals surface area contributed by atoms with Crippen LogP contribution in [0.25, 0.3) is 17.0 Å². The Morgan fingerprint density at radius 2 is 1.75 bits per heavy atom. The fourth-order valence-corrected chi connectivity index (χ4v) is 2.74. The number of aromatic amines is 1. The average Bonchev–Trinajstić information content (AvgIpc) is 2.67. The van der Waals surface area contributed by atoms with Gasteiger partial charge in [0, 0.05) is 37.0 Å². The number of amides is 2. The van der Waals surface area contributed by atoms with Crippen molar-refractivity contribution >= 4 is 34.5 Å². The maximum Gasteiger partial charge on any atom is 0.253 e. The zero-order valence-electron chi connectivity index (χ0n) is 15.9. The normalized spacial score (nSPS) is 11.0. The van der Waals surface area contributed by atoms with Gasteiger partial charge < -0.3 is 15.2 Å². The molecule has 0 saturated heterocycles. The van der Waals surface area contributed by atoms with E-state index in [1.165, 1.54) is 11.0 Å². The van der Waals surface area contributed by atoms with E-state index in [1.807, 2.05) is 12.1 Å². The minimum atomic E-state index is -0.290. The van der Waals surface area contributed by atoms with Crippen LogP contribution in [0, 0.1) is 6.92 Å².